The lowest BCUT2D eigenvalue weighted by Gasteiger charge is -2.36. The molecule has 0 radical (unpaired) electrons. The van der Waals surface area contributed by atoms with Crippen LogP contribution in [0.3, 0.4) is 0 Å². The summed E-state index contributed by atoms with van der Waals surface area (Å²) in [5.41, 5.74) is 4.64. The molecule has 0 saturated carbocycles. The highest BCUT2D eigenvalue weighted by atomic mass is 35.5. The number of nitrogens with zero attached hydrogens (tertiary/aromatic N) is 3. The molecule has 1 heterocycles. The third-order valence-electron chi connectivity index (χ3n) is 7.77. The molecule has 7 nitrogen and oxygen atoms in total. The molecule has 1 aromatic carbocycles. The van der Waals surface area contributed by atoms with Crippen LogP contribution < -0.4 is 10.6 Å². The van der Waals surface area contributed by atoms with Crippen LogP contribution in [0, 0.1) is 11.8 Å². The van der Waals surface area contributed by atoms with E-state index in [1.807, 2.05) is 30.2 Å². The molecule has 2 unspecified atom stereocenters. The first-order chi connectivity index (χ1) is 18.7. The van der Waals surface area contributed by atoms with Gasteiger partial charge in [0.15, 0.2) is 0 Å². The molecule has 39 heavy (non-hydrogen) atoms. The molecule has 210 valence electrons. The number of carbonyl (C=O) groups is 2. The summed E-state index contributed by atoms with van der Waals surface area (Å²) in [6.45, 7) is 9.18. The first-order valence-corrected chi connectivity index (χ1v) is 14.3. The molecular formula is C31H42ClN5O2. The van der Waals surface area contributed by atoms with E-state index < -0.39 is 0 Å². The van der Waals surface area contributed by atoms with Crippen LogP contribution in [0.1, 0.15) is 44.7 Å². The van der Waals surface area contributed by atoms with Gasteiger partial charge in [0.05, 0.1) is 13.1 Å². The van der Waals surface area contributed by atoms with E-state index in [-0.39, 0.29) is 30.8 Å². The topological polar surface area (TPSA) is 67.9 Å². The second-order valence-corrected chi connectivity index (χ2v) is 11.5. The third kappa shape index (κ3) is 7.84. The van der Waals surface area contributed by atoms with E-state index in [2.05, 4.69) is 72.9 Å². The number of hydrogen-bond donors (Lipinski definition) is 2. The quantitative estimate of drug-likeness (QED) is 0.400. The van der Waals surface area contributed by atoms with Crippen molar-refractivity contribution in [3.63, 3.8) is 0 Å². The molecule has 0 bridgehead atoms. The van der Waals surface area contributed by atoms with E-state index in [0.717, 1.165) is 29.1 Å². The maximum Gasteiger partial charge on any atom is 0.256 e. The van der Waals surface area contributed by atoms with Gasteiger partial charge in [0.1, 0.15) is 0 Å². The normalized spacial score (nSPS) is 20.7. The van der Waals surface area contributed by atoms with Crippen LogP contribution in [-0.2, 0) is 22.7 Å². The Hall–Kier alpha value is -2.87. The van der Waals surface area contributed by atoms with Gasteiger partial charge in [0.2, 0.25) is 5.91 Å². The molecule has 3 aliphatic rings. The van der Waals surface area contributed by atoms with Crippen molar-refractivity contribution in [1.29, 1.82) is 0 Å². The van der Waals surface area contributed by atoms with Crippen LogP contribution in [0.4, 0.5) is 0 Å². The molecular weight excluding hydrogens is 510 g/mol. The Morgan fingerprint density at radius 2 is 1.74 bits per heavy atom. The molecule has 1 aromatic rings. The van der Waals surface area contributed by atoms with Crippen LogP contribution in [-0.4, -0.2) is 66.0 Å². The lowest BCUT2D eigenvalue weighted by Crippen LogP contribution is -2.48. The standard InChI is InChI=1S/C31H42ClN5O2/c1-22(2)33-15-16-34-30(38)20-36(21-31(39)35(4)37-18-26-7-5-6-8-27(26)19-37)29-17-25(10-9-23(29)3)24-11-13-28(32)14-12-24/h5-11,13-14,22,24-25,33H,12,15-21H2,1-4H3,(H,34,38). The third-order valence-corrected chi connectivity index (χ3v) is 8.05. The van der Waals surface area contributed by atoms with Crippen molar-refractivity contribution in [2.24, 2.45) is 11.8 Å². The lowest BCUT2D eigenvalue weighted by atomic mass is 9.80. The van der Waals surface area contributed by atoms with Gasteiger partial charge in [0, 0.05) is 50.0 Å². The maximum atomic E-state index is 13.6. The van der Waals surface area contributed by atoms with Crippen LogP contribution in [0.15, 0.2) is 70.9 Å². The Kier molecular flexibility index (Phi) is 10.1. The van der Waals surface area contributed by atoms with Crippen molar-refractivity contribution < 1.29 is 9.59 Å². The molecule has 0 saturated heterocycles. The molecule has 0 spiro atoms. The van der Waals surface area contributed by atoms with Gasteiger partial charge in [-0.25, -0.2) is 5.01 Å². The molecule has 0 fully saturated rings. The first kappa shape index (κ1) is 29.1. The monoisotopic (exact) mass is 551 g/mol. The number of allylic oxidation sites excluding steroid dienone is 8. The SMILES string of the molecule is CC1=C(N(CC(=O)NCCNC(C)C)CC(=O)N(C)N2Cc3ccccc3C2)CC(C2C=CC(Cl)=CC2)C=C1. The summed E-state index contributed by atoms with van der Waals surface area (Å²) in [4.78, 5) is 28.6. The summed E-state index contributed by atoms with van der Waals surface area (Å²) < 4.78 is 0. The average Bonchev–Trinajstić information content (AvgIpc) is 3.35. The second kappa shape index (κ2) is 13.5. The van der Waals surface area contributed by atoms with E-state index in [4.69, 9.17) is 11.6 Å². The van der Waals surface area contributed by atoms with E-state index in [0.29, 0.717) is 38.1 Å². The fraction of sp³-hybridized carbons (Fsp3) is 0.484. The van der Waals surface area contributed by atoms with Crippen molar-refractivity contribution in [2.45, 2.75) is 52.7 Å². The number of likely N-dealkylation sites (N-methyl/N-ethyl adjacent to an activating group) is 1. The molecule has 0 aromatic heterocycles. The maximum absolute atomic E-state index is 13.6. The highest BCUT2D eigenvalue weighted by Gasteiger charge is 2.30. The van der Waals surface area contributed by atoms with Crippen LogP contribution in [0.5, 0.6) is 0 Å². The minimum absolute atomic E-state index is 0.0317. The predicted molar refractivity (Wildman–Crippen MR) is 157 cm³/mol. The Morgan fingerprint density at radius 1 is 1.05 bits per heavy atom. The number of amides is 2. The Labute approximate surface area is 238 Å². The fourth-order valence-corrected chi connectivity index (χ4v) is 5.57. The summed E-state index contributed by atoms with van der Waals surface area (Å²) in [7, 11) is 1.83. The largest absolute Gasteiger partial charge is 0.356 e. The lowest BCUT2D eigenvalue weighted by molar-refractivity contribution is -0.147. The van der Waals surface area contributed by atoms with Crippen molar-refractivity contribution in [3.8, 4) is 0 Å². The Balaban J connectivity index is 1.46. The number of hydrazine groups is 1. The number of rotatable bonds is 11. The zero-order chi connectivity index (χ0) is 27.9. The fourth-order valence-electron chi connectivity index (χ4n) is 5.41. The zero-order valence-corrected chi connectivity index (χ0v) is 24.4. The average molecular weight is 552 g/mol. The van der Waals surface area contributed by atoms with E-state index in [1.165, 1.54) is 11.1 Å². The molecule has 1 aliphatic heterocycles. The Morgan fingerprint density at radius 3 is 2.38 bits per heavy atom. The molecule has 2 amide bonds. The molecule has 2 atom stereocenters. The number of nitrogens with one attached hydrogen (secondary N) is 2. The number of carbonyl (C=O) groups excluding carboxylic acids is 2. The van der Waals surface area contributed by atoms with Gasteiger partial charge in [-0.15, -0.1) is 0 Å². The van der Waals surface area contributed by atoms with E-state index in [9.17, 15) is 9.59 Å². The van der Waals surface area contributed by atoms with Crippen molar-refractivity contribution >= 4 is 23.4 Å². The second-order valence-electron chi connectivity index (χ2n) is 11.0. The van der Waals surface area contributed by atoms with Gasteiger partial charge in [-0.3, -0.25) is 14.6 Å². The van der Waals surface area contributed by atoms with E-state index >= 15 is 0 Å². The summed E-state index contributed by atoms with van der Waals surface area (Å²) >= 11 is 6.16. The van der Waals surface area contributed by atoms with Gasteiger partial charge < -0.3 is 15.5 Å². The van der Waals surface area contributed by atoms with E-state index in [1.54, 1.807) is 5.01 Å². The number of fused-ring (bicyclic) bond motifs is 1. The predicted octanol–water partition coefficient (Wildman–Crippen LogP) is 4.34. The number of benzene rings is 1. The van der Waals surface area contributed by atoms with Gasteiger partial charge >= 0.3 is 0 Å². The van der Waals surface area contributed by atoms with Crippen molar-refractivity contribution in [3.05, 3.63) is 82.1 Å². The smallest absolute Gasteiger partial charge is 0.256 e. The minimum Gasteiger partial charge on any atom is -0.356 e. The Bertz CT molecular complexity index is 1150. The van der Waals surface area contributed by atoms with Crippen molar-refractivity contribution in [1.82, 2.24) is 25.6 Å². The minimum atomic E-state index is -0.0803. The molecule has 8 heteroatoms. The molecule has 4 rings (SSSR count). The van der Waals surface area contributed by atoms with Gasteiger partial charge in [-0.2, -0.15) is 0 Å². The molecule has 2 N–H and O–H groups in total. The summed E-state index contributed by atoms with van der Waals surface area (Å²) in [6, 6.07) is 8.66. The first-order valence-electron chi connectivity index (χ1n) is 14.0. The summed E-state index contributed by atoms with van der Waals surface area (Å²) in [5, 5.41) is 10.9. The van der Waals surface area contributed by atoms with Gasteiger partial charge in [-0.05, 0) is 54.4 Å². The molecule has 2 aliphatic carbocycles. The van der Waals surface area contributed by atoms with Gasteiger partial charge in [-0.1, -0.05) is 74.0 Å². The highest BCUT2D eigenvalue weighted by molar-refractivity contribution is 6.31. The van der Waals surface area contributed by atoms with Crippen LogP contribution in [0.25, 0.3) is 0 Å². The van der Waals surface area contributed by atoms with Crippen LogP contribution in [0.2, 0.25) is 0 Å². The van der Waals surface area contributed by atoms with Crippen LogP contribution >= 0.6 is 11.6 Å². The van der Waals surface area contributed by atoms with Gasteiger partial charge in [0.25, 0.3) is 5.91 Å². The highest BCUT2D eigenvalue weighted by Crippen LogP contribution is 2.35. The summed E-state index contributed by atoms with van der Waals surface area (Å²) in [6.07, 6.45) is 12.3. The zero-order valence-electron chi connectivity index (χ0n) is 23.6. The number of halogens is 1. The van der Waals surface area contributed by atoms with Crippen molar-refractivity contribution in [2.75, 3.05) is 33.2 Å². The number of hydrogen-bond acceptors (Lipinski definition) is 5. The summed E-state index contributed by atoms with van der Waals surface area (Å²) in [5.74, 6) is 0.507.